The van der Waals surface area contributed by atoms with Crippen molar-refractivity contribution in [3.63, 3.8) is 0 Å². The van der Waals surface area contributed by atoms with Gasteiger partial charge in [0, 0.05) is 26.2 Å². The minimum Gasteiger partial charge on any atom is -0.302 e. The Morgan fingerprint density at radius 3 is 2.36 bits per heavy atom. The van der Waals surface area contributed by atoms with Crippen LogP contribution in [0.5, 0.6) is 0 Å². The third-order valence-corrected chi connectivity index (χ3v) is 5.01. The van der Waals surface area contributed by atoms with Crippen molar-refractivity contribution in [3.05, 3.63) is 50.9 Å². The summed E-state index contributed by atoms with van der Waals surface area (Å²) in [5.41, 5.74) is 0.663. The van der Waals surface area contributed by atoms with E-state index in [1.54, 1.807) is 23.6 Å². The van der Waals surface area contributed by atoms with Gasteiger partial charge in [-0.1, -0.05) is 13.8 Å². The molecule has 1 aromatic carbocycles. The molecule has 3 aromatic heterocycles. The Hall–Kier alpha value is -3.23. The molecule has 0 fully saturated rings. The summed E-state index contributed by atoms with van der Waals surface area (Å²) in [5.74, 6) is 0.998. The van der Waals surface area contributed by atoms with Crippen molar-refractivity contribution >= 4 is 16.9 Å². The second-order valence-corrected chi connectivity index (χ2v) is 7.38. The topological polar surface area (TPSA) is 79.1 Å². The molecule has 28 heavy (non-hydrogen) atoms. The summed E-state index contributed by atoms with van der Waals surface area (Å²) < 4.78 is 19.4. The van der Waals surface area contributed by atoms with Gasteiger partial charge in [-0.2, -0.15) is 0 Å². The molecule has 0 aliphatic carbocycles. The van der Waals surface area contributed by atoms with Crippen molar-refractivity contribution in [2.24, 2.45) is 20.0 Å². The molecule has 0 amide bonds. The lowest BCUT2D eigenvalue weighted by molar-refractivity contribution is 0.526. The van der Waals surface area contributed by atoms with Gasteiger partial charge in [0.2, 0.25) is 5.78 Å². The zero-order chi connectivity index (χ0) is 20.2. The molecule has 0 radical (unpaired) electrons. The van der Waals surface area contributed by atoms with Crippen LogP contribution in [0.3, 0.4) is 0 Å². The second-order valence-electron chi connectivity index (χ2n) is 7.38. The SMILES string of the molecule is CC(C)CCn1c2c(=O)n(C)c(=O)n(C)c2n2c(-c3ccc(F)cc3)nnc12. The Labute approximate surface area is 159 Å². The van der Waals surface area contributed by atoms with E-state index < -0.39 is 5.69 Å². The lowest BCUT2D eigenvalue weighted by Crippen LogP contribution is -2.37. The Morgan fingerprint density at radius 1 is 1.04 bits per heavy atom. The highest BCUT2D eigenvalue weighted by Gasteiger charge is 2.23. The van der Waals surface area contributed by atoms with Gasteiger partial charge in [-0.05, 0) is 36.6 Å². The zero-order valence-corrected chi connectivity index (χ0v) is 16.2. The number of hydrogen-bond donors (Lipinski definition) is 0. The van der Waals surface area contributed by atoms with Crippen molar-refractivity contribution in [2.75, 3.05) is 0 Å². The van der Waals surface area contributed by atoms with Crippen molar-refractivity contribution in [1.82, 2.24) is 28.3 Å². The van der Waals surface area contributed by atoms with Crippen LogP contribution < -0.4 is 11.2 Å². The fourth-order valence-electron chi connectivity index (χ4n) is 3.44. The maximum atomic E-state index is 13.4. The third kappa shape index (κ3) is 2.57. The Balaban J connectivity index is 2.14. The van der Waals surface area contributed by atoms with Gasteiger partial charge in [0.25, 0.3) is 5.56 Å². The number of halogens is 1. The Morgan fingerprint density at radius 2 is 1.71 bits per heavy atom. The van der Waals surface area contributed by atoms with Gasteiger partial charge >= 0.3 is 5.69 Å². The molecule has 0 spiro atoms. The smallest absolute Gasteiger partial charge is 0.302 e. The predicted molar refractivity (Wildman–Crippen MR) is 104 cm³/mol. The van der Waals surface area contributed by atoms with Crippen LogP contribution >= 0.6 is 0 Å². The maximum Gasteiger partial charge on any atom is 0.332 e. The van der Waals surface area contributed by atoms with Gasteiger partial charge in [-0.3, -0.25) is 13.9 Å². The van der Waals surface area contributed by atoms with Crippen molar-refractivity contribution in [1.29, 1.82) is 0 Å². The van der Waals surface area contributed by atoms with Crippen molar-refractivity contribution < 1.29 is 4.39 Å². The van der Waals surface area contributed by atoms with E-state index in [9.17, 15) is 14.0 Å². The fraction of sp³-hybridized carbons (Fsp3) is 0.368. The quantitative estimate of drug-likeness (QED) is 0.539. The van der Waals surface area contributed by atoms with E-state index in [-0.39, 0.29) is 11.4 Å². The van der Waals surface area contributed by atoms with E-state index in [1.165, 1.54) is 23.7 Å². The molecule has 0 saturated carbocycles. The van der Waals surface area contributed by atoms with Crippen molar-refractivity contribution in [2.45, 2.75) is 26.8 Å². The molecular weight excluding hydrogens is 363 g/mol. The number of fused-ring (bicyclic) bond motifs is 3. The lowest BCUT2D eigenvalue weighted by Gasteiger charge is -2.08. The van der Waals surface area contributed by atoms with Gasteiger partial charge in [0.05, 0.1) is 0 Å². The molecular formula is C19H21FN6O2. The first-order chi connectivity index (χ1) is 13.3. The van der Waals surface area contributed by atoms with Crippen LogP contribution in [-0.4, -0.2) is 28.3 Å². The van der Waals surface area contributed by atoms with Gasteiger partial charge in [0.1, 0.15) is 5.82 Å². The first-order valence-corrected chi connectivity index (χ1v) is 9.10. The first-order valence-electron chi connectivity index (χ1n) is 9.10. The Bertz CT molecular complexity index is 1310. The number of aryl methyl sites for hydroxylation is 2. The van der Waals surface area contributed by atoms with E-state index in [0.29, 0.717) is 40.8 Å². The highest BCUT2D eigenvalue weighted by atomic mass is 19.1. The van der Waals surface area contributed by atoms with Gasteiger partial charge in [-0.25, -0.2) is 13.6 Å². The van der Waals surface area contributed by atoms with Crippen LogP contribution in [0, 0.1) is 11.7 Å². The number of rotatable bonds is 4. The Kier molecular flexibility index (Phi) is 4.17. The van der Waals surface area contributed by atoms with E-state index in [0.717, 1.165) is 11.0 Å². The number of aromatic nitrogens is 6. The molecule has 3 heterocycles. The summed E-state index contributed by atoms with van der Waals surface area (Å²) in [4.78, 5) is 25.5. The van der Waals surface area contributed by atoms with Crippen LogP contribution in [-0.2, 0) is 20.6 Å². The fourth-order valence-corrected chi connectivity index (χ4v) is 3.44. The molecule has 0 atom stereocenters. The van der Waals surface area contributed by atoms with Crippen LogP contribution in [0.4, 0.5) is 4.39 Å². The van der Waals surface area contributed by atoms with Gasteiger partial charge < -0.3 is 4.57 Å². The summed E-state index contributed by atoms with van der Waals surface area (Å²) in [6.07, 6.45) is 0.837. The molecule has 0 N–H and O–H groups in total. The molecule has 0 saturated heterocycles. The highest BCUT2D eigenvalue weighted by molar-refractivity contribution is 5.79. The van der Waals surface area contributed by atoms with Crippen LogP contribution in [0.15, 0.2) is 33.9 Å². The summed E-state index contributed by atoms with van der Waals surface area (Å²) >= 11 is 0. The highest BCUT2D eigenvalue weighted by Crippen LogP contribution is 2.25. The first kappa shape index (κ1) is 18.1. The lowest BCUT2D eigenvalue weighted by atomic mass is 10.1. The molecule has 0 unspecified atom stereocenters. The van der Waals surface area contributed by atoms with E-state index >= 15 is 0 Å². The van der Waals surface area contributed by atoms with E-state index in [4.69, 9.17) is 0 Å². The summed E-state index contributed by atoms with van der Waals surface area (Å²) in [6, 6.07) is 5.88. The van der Waals surface area contributed by atoms with Gasteiger partial charge in [0.15, 0.2) is 17.0 Å². The average molecular weight is 384 g/mol. The molecule has 0 aliphatic rings. The second kappa shape index (κ2) is 6.43. The third-order valence-electron chi connectivity index (χ3n) is 5.01. The summed E-state index contributed by atoms with van der Waals surface area (Å²) in [6.45, 7) is 4.77. The molecule has 8 nitrogen and oxygen atoms in total. The minimum absolute atomic E-state index is 0.356. The minimum atomic E-state index is -0.431. The maximum absolute atomic E-state index is 13.4. The number of imidazole rings is 1. The number of hydrogen-bond acceptors (Lipinski definition) is 4. The van der Waals surface area contributed by atoms with Gasteiger partial charge in [-0.15, -0.1) is 10.2 Å². The molecule has 4 aromatic rings. The zero-order valence-electron chi connectivity index (χ0n) is 16.2. The summed E-state index contributed by atoms with van der Waals surface area (Å²) in [7, 11) is 3.08. The molecule has 4 rings (SSSR count). The van der Waals surface area contributed by atoms with Crippen LogP contribution in [0.2, 0.25) is 0 Å². The average Bonchev–Trinajstić information content (AvgIpc) is 3.22. The van der Waals surface area contributed by atoms with Crippen molar-refractivity contribution in [3.8, 4) is 11.4 Å². The standard InChI is InChI=1S/C19H21FN6O2/c1-11(2)9-10-25-14-16(23(3)19(28)24(4)17(14)27)26-15(21-22-18(25)26)12-5-7-13(20)8-6-12/h5-8,11H,9-10H2,1-4H3. The largest absolute Gasteiger partial charge is 0.332 e. The normalized spacial score (nSPS) is 11.9. The number of benzene rings is 1. The van der Waals surface area contributed by atoms with Crippen LogP contribution in [0.25, 0.3) is 28.3 Å². The summed E-state index contributed by atoms with van der Waals surface area (Å²) in [5, 5.41) is 8.55. The molecule has 0 bridgehead atoms. The molecule has 9 heteroatoms. The monoisotopic (exact) mass is 384 g/mol. The van der Waals surface area contributed by atoms with Crippen LogP contribution in [0.1, 0.15) is 20.3 Å². The predicted octanol–water partition coefficient (Wildman–Crippen LogP) is 1.93. The van der Waals surface area contributed by atoms with E-state index in [1.807, 2.05) is 4.57 Å². The number of nitrogens with zero attached hydrogens (tertiary/aromatic N) is 6. The molecule has 0 aliphatic heterocycles. The van der Waals surface area contributed by atoms with E-state index in [2.05, 4.69) is 24.0 Å². The molecule has 146 valence electrons.